The minimum absolute atomic E-state index is 0.625. The van der Waals surface area contributed by atoms with Gasteiger partial charge < -0.3 is 4.42 Å². The fourth-order valence-electron chi connectivity index (χ4n) is 5.66. The van der Waals surface area contributed by atoms with Crippen molar-refractivity contribution in [2.75, 3.05) is 0 Å². The first-order valence-electron chi connectivity index (χ1n) is 14.3. The molecule has 8 rings (SSSR count). The van der Waals surface area contributed by atoms with E-state index >= 15 is 0 Å². The normalized spacial score (nSPS) is 11.3. The van der Waals surface area contributed by atoms with Crippen LogP contribution in [0.3, 0.4) is 0 Å². The van der Waals surface area contributed by atoms with Crippen LogP contribution in [0, 0.1) is 0 Å². The second-order valence-corrected chi connectivity index (χ2v) is 10.4. The summed E-state index contributed by atoms with van der Waals surface area (Å²) in [6, 6.07) is 51.5. The predicted octanol–water partition coefficient (Wildman–Crippen LogP) is 10.1. The van der Waals surface area contributed by atoms with Crippen molar-refractivity contribution in [3.63, 3.8) is 0 Å². The maximum Gasteiger partial charge on any atom is 0.164 e. The Hall–Kier alpha value is -5.87. The molecule has 2 heterocycles. The molecule has 2 aromatic heterocycles. The monoisotopic (exact) mass is 551 g/mol. The molecule has 202 valence electrons. The van der Waals surface area contributed by atoms with Crippen molar-refractivity contribution in [1.29, 1.82) is 0 Å². The largest absolute Gasteiger partial charge is 0.455 e. The van der Waals surface area contributed by atoms with Crippen LogP contribution in [0.2, 0.25) is 0 Å². The lowest BCUT2D eigenvalue weighted by molar-refractivity contribution is 0.670. The number of aromatic nitrogens is 3. The zero-order chi connectivity index (χ0) is 28.6. The molecule has 43 heavy (non-hydrogen) atoms. The van der Waals surface area contributed by atoms with Gasteiger partial charge in [0.2, 0.25) is 0 Å². The highest BCUT2D eigenvalue weighted by molar-refractivity contribution is 6.09. The van der Waals surface area contributed by atoms with E-state index in [0.717, 1.165) is 60.9 Å². The molecule has 0 saturated heterocycles. The van der Waals surface area contributed by atoms with Crippen LogP contribution in [0.5, 0.6) is 0 Å². The van der Waals surface area contributed by atoms with Crippen molar-refractivity contribution < 1.29 is 4.42 Å². The third-order valence-electron chi connectivity index (χ3n) is 7.78. The number of hydrogen-bond acceptors (Lipinski definition) is 4. The van der Waals surface area contributed by atoms with E-state index in [2.05, 4.69) is 72.8 Å². The van der Waals surface area contributed by atoms with E-state index in [4.69, 9.17) is 19.4 Å². The molecule has 0 atom stereocenters. The Morgan fingerprint density at radius 3 is 1.56 bits per heavy atom. The maximum absolute atomic E-state index is 6.30. The van der Waals surface area contributed by atoms with Crippen LogP contribution in [0.1, 0.15) is 0 Å². The topological polar surface area (TPSA) is 51.8 Å². The van der Waals surface area contributed by atoms with Crippen molar-refractivity contribution in [3.8, 4) is 56.4 Å². The van der Waals surface area contributed by atoms with Crippen molar-refractivity contribution in [2.24, 2.45) is 0 Å². The molecule has 8 aromatic rings. The number of benzene rings is 6. The molecule has 4 heteroatoms. The average Bonchev–Trinajstić information content (AvgIpc) is 3.48. The second kappa shape index (κ2) is 10.5. The van der Waals surface area contributed by atoms with Crippen LogP contribution in [-0.2, 0) is 0 Å². The van der Waals surface area contributed by atoms with Gasteiger partial charge in [0.05, 0.1) is 0 Å². The van der Waals surface area contributed by atoms with Gasteiger partial charge in [0, 0.05) is 33.0 Å². The third kappa shape index (κ3) is 4.55. The van der Waals surface area contributed by atoms with Gasteiger partial charge in [0.25, 0.3) is 0 Å². The molecule has 0 saturated carbocycles. The van der Waals surface area contributed by atoms with Crippen LogP contribution >= 0.6 is 0 Å². The number of hydrogen-bond donors (Lipinski definition) is 0. The lowest BCUT2D eigenvalue weighted by Crippen LogP contribution is -2.01. The van der Waals surface area contributed by atoms with Crippen molar-refractivity contribution in [2.45, 2.75) is 0 Å². The van der Waals surface area contributed by atoms with Gasteiger partial charge in [-0.3, -0.25) is 0 Å². The van der Waals surface area contributed by atoms with Gasteiger partial charge in [-0.15, -0.1) is 0 Å². The van der Waals surface area contributed by atoms with Gasteiger partial charge >= 0.3 is 0 Å². The first kappa shape index (κ1) is 24.9. The molecule has 0 radical (unpaired) electrons. The molecule has 0 amide bonds. The summed E-state index contributed by atoms with van der Waals surface area (Å²) in [6.45, 7) is 0. The van der Waals surface area contributed by atoms with E-state index in [0.29, 0.717) is 17.5 Å². The molecule has 0 unspecified atom stereocenters. The summed E-state index contributed by atoms with van der Waals surface area (Å²) in [5, 5.41) is 2.24. The van der Waals surface area contributed by atoms with Crippen LogP contribution in [0.4, 0.5) is 0 Å². The molecule has 6 aromatic carbocycles. The van der Waals surface area contributed by atoms with Gasteiger partial charge in [-0.1, -0.05) is 146 Å². The zero-order valence-corrected chi connectivity index (χ0v) is 23.2. The van der Waals surface area contributed by atoms with Gasteiger partial charge in [0.15, 0.2) is 17.5 Å². The first-order chi connectivity index (χ1) is 21.3. The van der Waals surface area contributed by atoms with Crippen LogP contribution in [0.25, 0.3) is 78.4 Å². The SMILES string of the molecule is c1ccc(-c2nc(-c3ccc(-c4cccc5c4oc4ccccc45)cc3)nc(-c3ccccc3-c3ccccc3)n2)cc1. The average molecular weight is 552 g/mol. The minimum atomic E-state index is 0.625. The summed E-state index contributed by atoms with van der Waals surface area (Å²) in [5.74, 6) is 1.90. The molecule has 0 bridgehead atoms. The smallest absolute Gasteiger partial charge is 0.164 e. The zero-order valence-electron chi connectivity index (χ0n) is 23.2. The van der Waals surface area contributed by atoms with Crippen molar-refractivity contribution >= 4 is 21.9 Å². The molecule has 0 N–H and O–H groups in total. The highest BCUT2D eigenvalue weighted by Crippen LogP contribution is 2.37. The Kier molecular flexibility index (Phi) is 6.08. The Morgan fingerprint density at radius 1 is 0.326 bits per heavy atom. The van der Waals surface area contributed by atoms with E-state index in [9.17, 15) is 0 Å². The fourth-order valence-corrected chi connectivity index (χ4v) is 5.66. The number of rotatable bonds is 5. The lowest BCUT2D eigenvalue weighted by Gasteiger charge is -2.12. The van der Waals surface area contributed by atoms with Crippen molar-refractivity contribution in [3.05, 3.63) is 152 Å². The lowest BCUT2D eigenvalue weighted by atomic mass is 9.99. The number of fused-ring (bicyclic) bond motifs is 3. The molecular weight excluding hydrogens is 526 g/mol. The standard InChI is InChI=1S/C39H25N3O/c1-3-12-26(13-4-1)30-16-7-8-18-34(30)39-41-37(28-14-5-2-6-15-28)40-38(42-39)29-24-22-27(23-25-29)31-19-11-20-33-32-17-9-10-21-35(32)43-36(31)33/h1-25H. The Morgan fingerprint density at radius 2 is 0.814 bits per heavy atom. The molecular formula is C39H25N3O. The third-order valence-corrected chi connectivity index (χ3v) is 7.78. The summed E-state index contributed by atoms with van der Waals surface area (Å²) in [5.41, 5.74) is 8.92. The summed E-state index contributed by atoms with van der Waals surface area (Å²) in [7, 11) is 0. The highest BCUT2D eigenvalue weighted by atomic mass is 16.3. The molecule has 0 fully saturated rings. The van der Waals surface area contributed by atoms with Gasteiger partial charge in [-0.05, 0) is 22.8 Å². The number of furan rings is 1. The van der Waals surface area contributed by atoms with E-state index in [-0.39, 0.29) is 0 Å². The summed E-state index contributed by atoms with van der Waals surface area (Å²) in [4.78, 5) is 14.9. The van der Waals surface area contributed by atoms with Gasteiger partial charge in [0.1, 0.15) is 11.2 Å². The van der Waals surface area contributed by atoms with Crippen molar-refractivity contribution in [1.82, 2.24) is 15.0 Å². The van der Waals surface area contributed by atoms with E-state index in [1.165, 1.54) is 0 Å². The Balaban J connectivity index is 1.25. The Bertz CT molecular complexity index is 2220. The quantitative estimate of drug-likeness (QED) is 0.214. The summed E-state index contributed by atoms with van der Waals surface area (Å²) in [6.07, 6.45) is 0. The summed E-state index contributed by atoms with van der Waals surface area (Å²) >= 11 is 0. The number of para-hydroxylation sites is 2. The van der Waals surface area contributed by atoms with Gasteiger partial charge in [-0.25, -0.2) is 15.0 Å². The number of nitrogens with zero attached hydrogens (tertiary/aromatic N) is 3. The fraction of sp³-hybridized carbons (Fsp3) is 0. The molecule has 0 aliphatic carbocycles. The minimum Gasteiger partial charge on any atom is -0.455 e. The highest BCUT2D eigenvalue weighted by Gasteiger charge is 2.16. The van der Waals surface area contributed by atoms with Crippen LogP contribution < -0.4 is 0 Å². The van der Waals surface area contributed by atoms with E-state index in [1.807, 2.05) is 78.9 Å². The summed E-state index contributed by atoms with van der Waals surface area (Å²) < 4.78 is 6.30. The van der Waals surface area contributed by atoms with Crippen LogP contribution in [-0.4, -0.2) is 15.0 Å². The second-order valence-electron chi connectivity index (χ2n) is 10.4. The molecule has 0 aliphatic rings. The maximum atomic E-state index is 6.30. The molecule has 4 nitrogen and oxygen atoms in total. The molecule has 0 aliphatic heterocycles. The predicted molar refractivity (Wildman–Crippen MR) is 174 cm³/mol. The first-order valence-corrected chi connectivity index (χ1v) is 14.3. The van der Waals surface area contributed by atoms with Crippen LogP contribution in [0.15, 0.2) is 156 Å². The Labute approximate surface area is 249 Å². The van der Waals surface area contributed by atoms with E-state index in [1.54, 1.807) is 0 Å². The molecule has 0 spiro atoms. The van der Waals surface area contributed by atoms with Gasteiger partial charge in [-0.2, -0.15) is 0 Å². The van der Waals surface area contributed by atoms with E-state index < -0.39 is 0 Å².